The van der Waals surface area contributed by atoms with Crippen molar-refractivity contribution in [2.45, 2.75) is 37.8 Å². The van der Waals surface area contributed by atoms with Crippen molar-refractivity contribution in [3.05, 3.63) is 64.1 Å². The van der Waals surface area contributed by atoms with Gasteiger partial charge in [0.15, 0.2) is 0 Å². The van der Waals surface area contributed by atoms with E-state index < -0.39 is 28.5 Å². The van der Waals surface area contributed by atoms with Crippen LogP contribution < -0.4 is 5.32 Å². The van der Waals surface area contributed by atoms with E-state index in [1.54, 1.807) is 38.1 Å². The lowest BCUT2D eigenvalue weighted by molar-refractivity contribution is -0.141. The summed E-state index contributed by atoms with van der Waals surface area (Å²) in [6, 6.07) is 11.9. The molecule has 2 rings (SSSR count). The third-order valence-electron chi connectivity index (χ3n) is 4.88. The molecule has 0 aliphatic carbocycles. The summed E-state index contributed by atoms with van der Waals surface area (Å²) in [5.74, 6) is -0.779. The van der Waals surface area contributed by atoms with Crippen LogP contribution in [0.4, 0.5) is 0 Å². The summed E-state index contributed by atoms with van der Waals surface area (Å²) in [5, 5.41) is 3.70. The Morgan fingerprint density at radius 2 is 1.50 bits per heavy atom. The van der Waals surface area contributed by atoms with Crippen LogP contribution in [0.2, 0.25) is 10.0 Å². The summed E-state index contributed by atoms with van der Waals surface area (Å²) in [7, 11) is -2.59. The topological polar surface area (TPSA) is 86.8 Å². The molecule has 2 aromatic carbocycles. The SMILES string of the molecule is CCNC(=O)[C@H](CC)N(Cc1ccc(Cl)cc1)C(=O)CN(C)S(=O)(=O)c1ccc(Cl)cc1. The molecule has 0 unspecified atom stereocenters. The van der Waals surface area contributed by atoms with E-state index in [0.717, 1.165) is 9.87 Å². The zero-order valence-electron chi connectivity index (χ0n) is 18.2. The highest BCUT2D eigenvalue weighted by atomic mass is 35.5. The molecule has 32 heavy (non-hydrogen) atoms. The van der Waals surface area contributed by atoms with E-state index >= 15 is 0 Å². The number of nitrogens with zero attached hydrogens (tertiary/aromatic N) is 2. The maximum atomic E-state index is 13.3. The molecule has 1 atom stereocenters. The quantitative estimate of drug-likeness (QED) is 0.541. The fourth-order valence-electron chi connectivity index (χ4n) is 3.15. The Labute approximate surface area is 199 Å². The minimum Gasteiger partial charge on any atom is -0.355 e. The van der Waals surface area contributed by atoms with Gasteiger partial charge in [-0.2, -0.15) is 4.31 Å². The maximum absolute atomic E-state index is 13.3. The van der Waals surface area contributed by atoms with E-state index in [9.17, 15) is 18.0 Å². The summed E-state index contributed by atoms with van der Waals surface area (Å²) in [6.07, 6.45) is 0.374. The minimum atomic E-state index is -3.92. The van der Waals surface area contributed by atoms with Crippen molar-refractivity contribution in [1.82, 2.24) is 14.5 Å². The van der Waals surface area contributed by atoms with Crippen molar-refractivity contribution in [2.75, 3.05) is 20.1 Å². The molecular formula is C22H27Cl2N3O4S. The zero-order chi connectivity index (χ0) is 23.9. The molecule has 2 amide bonds. The van der Waals surface area contributed by atoms with Crippen LogP contribution in [0.5, 0.6) is 0 Å². The number of sulfonamides is 1. The average molecular weight is 500 g/mol. The van der Waals surface area contributed by atoms with Gasteiger partial charge in [0.1, 0.15) is 6.04 Å². The molecule has 0 radical (unpaired) electrons. The molecule has 0 bridgehead atoms. The van der Waals surface area contributed by atoms with Crippen LogP contribution in [0.3, 0.4) is 0 Å². The number of halogens is 2. The summed E-state index contributed by atoms with van der Waals surface area (Å²) < 4.78 is 26.8. The highest BCUT2D eigenvalue weighted by Gasteiger charge is 2.31. The molecule has 0 aromatic heterocycles. The molecule has 2 aromatic rings. The standard InChI is InChI=1S/C22H27Cl2N3O4S/c1-4-20(22(29)25-5-2)27(14-16-6-8-17(23)9-7-16)21(28)15-26(3)32(30,31)19-12-10-18(24)11-13-19/h6-13,20H,4-5,14-15H2,1-3H3,(H,25,29)/t20-/m0/s1. The van der Waals surface area contributed by atoms with Crippen molar-refractivity contribution in [3.8, 4) is 0 Å². The molecule has 10 heteroatoms. The Hall–Kier alpha value is -2.13. The van der Waals surface area contributed by atoms with Gasteiger partial charge in [0.2, 0.25) is 21.8 Å². The molecule has 0 fully saturated rings. The molecule has 0 heterocycles. The van der Waals surface area contributed by atoms with Crippen LogP contribution in [0.25, 0.3) is 0 Å². The fourth-order valence-corrected chi connectivity index (χ4v) is 4.52. The Morgan fingerprint density at radius 3 is 2.00 bits per heavy atom. The summed E-state index contributed by atoms with van der Waals surface area (Å²) >= 11 is 11.8. The van der Waals surface area contributed by atoms with Crippen LogP contribution in [-0.2, 0) is 26.2 Å². The van der Waals surface area contributed by atoms with Gasteiger partial charge in [0.05, 0.1) is 11.4 Å². The monoisotopic (exact) mass is 499 g/mol. The number of rotatable bonds is 10. The Bertz CT molecular complexity index is 1030. The first-order chi connectivity index (χ1) is 15.1. The summed E-state index contributed by atoms with van der Waals surface area (Å²) in [4.78, 5) is 27.3. The van der Waals surface area contributed by atoms with E-state index in [-0.39, 0.29) is 17.3 Å². The number of benzene rings is 2. The first-order valence-electron chi connectivity index (χ1n) is 10.1. The van der Waals surface area contributed by atoms with E-state index in [1.165, 1.54) is 36.2 Å². The highest BCUT2D eigenvalue weighted by Crippen LogP contribution is 2.19. The van der Waals surface area contributed by atoms with Gasteiger partial charge in [-0.1, -0.05) is 42.3 Å². The lowest BCUT2D eigenvalue weighted by Gasteiger charge is -2.31. The second-order valence-corrected chi connectivity index (χ2v) is 10.1. The lowest BCUT2D eigenvalue weighted by Crippen LogP contribution is -2.51. The number of hydrogen-bond donors (Lipinski definition) is 1. The largest absolute Gasteiger partial charge is 0.355 e. The lowest BCUT2D eigenvalue weighted by atomic mass is 10.1. The molecule has 0 saturated heterocycles. The highest BCUT2D eigenvalue weighted by molar-refractivity contribution is 7.89. The molecule has 7 nitrogen and oxygen atoms in total. The third-order valence-corrected chi connectivity index (χ3v) is 7.20. The maximum Gasteiger partial charge on any atom is 0.243 e. The predicted molar refractivity (Wildman–Crippen MR) is 126 cm³/mol. The van der Waals surface area contributed by atoms with E-state index in [4.69, 9.17) is 23.2 Å². The number of hydrogen-bond acceptors (Lipinski definition) is 4. The molecule has 0 saturated carbocycles. The van der Waals surface area contributed by atoms with Gasteiger partial charge < -0.3 is 10.2 Å². The Balaban J connectivity index is 2.30. The van der Waals surface area contributed by atoms with E-state index in [2.05, 4.69) is 5.32 Å². The smallest absolute Gasteiger partial charge is 0.243 e. The second kappa shape index (κ2) is 11.7. The van der Waals surface area contributed by atoms with Crippen LogP contribution in [0.1, 0.15) is 25.8 Å². The van der Waals surface area contributed by atoms with Gasteiger partial charge in [-0.15, -0.1) is 0 Å². The minimum absolute atomic E-state index is 0.0252. The van der Waals surface area contributed by atoms with Crippen LogP contribution in [-0.4, -0.2) is 55.6 Å². The van der Waals surface area contributed by atoms with E-state index in [0.29, 0.717) is 23.0 Å². The van der Waals surface area contributed by atoms with Crippen molar-refractivity contribution in [3.63, 3.8) is 0 Å². The Kier molecular flexibility index (Phi) is 9.51. The number of nitrogens with one attached hydrogen (secondary N) is 1. The Morgan fingerprint density at radius 1 is 0.969 bits per heavy atom. The van der Waals surface area contributed by atoms with Crippen molar-refractivity contribution >= 4 is 45.0 Å². The fraction of sp³-hybridized carbons (Fsp3) is 0.364. The van der Waals surface area contributed by atoms with Crippen molar-refractivity contribution < 1.29 is 18.0 Å². The number of carbonyl (C=O) groups is 2. The average Bonchev–Trinajstić information content (AvgIpc) is 2.75. The van der Waals surface area contributed by atoms with Crippen LogP contribution >= 0.6 is 23.2 Å². The van der Waals surface area contributed by atoms with Crippen LogP contribution in [0, 0.1) is 0 Å². The molecule has 174 valence electrons. The van der Waals surface area contributed by atoms with Gasteiger partial charge in [0.25, 0.3) is 0 Å². The molecule has 0 aliphatic rings. The van der Waals surface area contributed by atoms with Gasteiger partial charge in [-0.05, 0) is 55.3 Å². The van der Waals surface area contributed by atoms with Gasteiger partial charge in [0, 0.05) is 30.2 Å². The van der Waals surface area contributed by atoms with Crippen LogP contribution in [0.15, 0.2) is 53.4 Å². The molecule has 1 N–H and O–H groups in total. The molecule has 0 spiro atoms. The van der Waals surface area contributed by atoms with Gasteiger partial charge in [-0.25, -0.2) is 8.42 Å². The molecular weight excluding hydrogens is 473 g/mol. The first-order valence-corrected chi connectivity index (χ1v) is 12.3. The second-order valence-electron chi connectivity index (χ2n) is 7.18. The summed E-state index contributed by atoms with van der Waals surface area (Å²) in [5.41, 5.74) is 0.772. The van der Waals surface area contributed by atoms with Crippen molar-refractivity contribution in [2.24, 2.45) is 0 Å². The van der Waals surface area contributed by atoms with Gasteiger partial charge in [-0.3, -0.25) is 9.59 Å². The predicted octanol–water partition coefficient (Wildman–Crippen LogP) is 3.56. The first kappa shape index (κ1) is 26.1. The van der Waals surface area contributed by atoms with E-state index in [1.807, 2.05) is 0 Å². The third kappa shape index (κ3) is 6.68. The van der Waals surface area contributed by atoms with Crippen molar-refractivity contribution in [1.29, 1.82) is 0 Å². The number of carbonyl (C=O) groups excluding carboxylic acids is 2. The zero-order valence-corrected chi connectivity index (χ0v) is 20.5. The molecule has 0 aliphatic heterocycles. The number of amides is 2. The number of likely N-dealkylation sites (N-methyl/N-ethyl adjacent to an activating group) is 2. The van der Waals surface area contributed by atoms with Gasteiger partial charge >= 0.3 is 0 Å². The summed E-state index contributed by atoms with van der Waals surface area (Å²) in [6.45, 7) is 3.73. The normalized spacial score (nSPS) is 12.4.